The molecule has 0 amide bonds. The number of hydrogen-bond donors (Lipinski definition) is 1. The van der Waals surface area contributed by atoms with Crippen molar-refractivity contribution in [3.63, 3.8) is 0 Å². The maximum atomic E-state index is 5.75. The van der Waals surface area contributed by atoms with Crippen molar-refractivity contribution in [1.29, 1.82) is 0 Å². The molecule has 0 aromatic carbocycles. The van der Waals surface area contributed by atoms with Gasteiger partial charge in [0.05, 0.1) is 6.61 Å². The Morgan fingerprint density at radius 1 is 1.33 bits per heavy atom. The highest BCUT2D eigenvalue weighted by atomic mass is 16.5. The molecule has 2 heterocycles. The molecule has 3 rings (SSSR count). The topological polar surface area (TPSA) is 91.2 Å². The average molecular weight is 248 g/mol. The van der Waals surface area contributed by atoms with Gasteiger partial charge < -0.3 is 10.5 Å². The van der Waals surface area contributed by atoms with Crippen molar-refractivity contribution >= 4 is 5.65 Å². The molecule has 0 saturated heterocycles. The summed E-state index contributed by atoms with van der Waals surface area (Å²) in [4.78, 5) is 0. The van der Waals surface area contributed by atoms with Crippen molar-refractivity contribution in [2.24, 2.45) is 17.6 Å². The first-order chi connectivity index (χ1) is 8.86. The Labute approximate surface area is 104 Å². The van der Waals surface area contributed by atoms with Crippen LogP contribution in [0.5, 0.6) is 5.88 Å². The van der Waals surface area contributed by atoms with E-state index in [-0.39, 0.29) is 0 Å². The van der Waals surface area contributed by atoms with E-state index in [1.165, 1.54) is 23.9 Å². The highest BCUT2D eigenvalue weighted by Gasteiger charge is 2.26. The predicted molar refractivity (Wildman–Crippen MR) is 64.0 cm³/mol. The Kier molecular flexibility index (Phi) is 3.06. The Bertz CT molecular complexity index is 527. The summed E-state index contributed by atoms with van der Waals surface area (Å²) >= 11 is 0. The first-order valence-electron chi connectivity index (χ1n) is 6.25. The molecule has 96 valence electrons. The second-order valence-corrected chi connectivity index (χ2v) is 4.70. The molecule has 0 spiro atoms. The normalized spacial score (nSPS) is 23.6. The fourth-order valence-corrected chi connectivity index (χ4v) is 2.55. The van der Waals surface area contributed by atoms with Crippen molar-refractivity contribution < 1.29 is 4.74 Å². The van der Waals surface area contributed by atoms with Gasteiger partial charge >= 0.3 is 0 Å². The lowest BCUT2D eigenvalue weighted by atomic mass is 9.97. The van der Waals surface area contributed by atoms with E-state index in [4.69, 9.17) is 10.5 Å². The number of aromatic nitrogens is 5. The van der Waals surface area contributed by atoms with Gasteiger partial charge in [-0.2, -0.15) is 0 Å². The molecule has 0 bridgehead atoms. The number of rotatable bonds is 4. The lowest BCUT2D eigenvalue weighted by Crippen LogP contribution is -2.23. The van der Waals surface area contributed by atoms with E-state index in [2.05, 4.69) is 20.6 Å². The molecule has 2 N–H and O–H groups in total. The Morgan fingerprint density at radius 2 is 2.22 bits per heavy atom. The van der Waals surface area contributed by atoms with Crippen molar-refractivity contribution in [3.8, 4) is 5.88 Å². The smallest absolute Gasteiger partial charge is 0.233 e. The van der Waals surface area contributed by atoms with Crippen LogP contribution in [0.15, 0.2) is 12.1 Å². The van der Waals surface area contributed by atoms with Gasteiger partial charge in [-0.05, 0) is 47.7 Å². The van der Waals surface area contributed by atoms with E-state index in [1.54, 1.807) is 12.1 Å². The average Bonchev–Trinajstić information content (AvgIpc) is 3.04. The van der Waals surface area contributed by atoms with Gasteiger partial charge in [-0.15, -0.1) is 14.8 Å². The van der Waals surface area contributed by atoms with Crippen molar-refractivity contribution in [3.05, 3.63) is 12.1 Å². The van der Waals surface area contributed by atoms with Gasteiger partial charge in [0.25, 0.3) is 0 Å². The van der Waals surface area contributed by atoms with Crippen LogP contribution in [0.1, 0.15) is 19.3 Å². The van der Waals surface area contributed by atoms with E-state index in [9.17, 15) is 0 Å². The molecule has 1 aliphatic carbocycles. The molecule has 2 atom stereocenters. The molecule has 1 saturated carbocycles. The van der Waals surface area contributed by atoms with Gasteiger partial charge in [0.2, 0.25) is 5.88 Å². The summed E-state index contributed by atoms with van der Waals surface area (Å²) in [6, 6.07) is 3.58. The zero-order chi connectivity index (χ0) is 12.4. The van der Waals surface area contributed by atoms with Gasteiger partial charge in [-0.25, -0.2) is 0 Å². The third-order valence-electron chi connectivity index (χ3n) is 3.61. The summed E-state index contributed by atoms with van der Waals surface area (Å²) < 4.78 is 7.08. The summed E-state index contributed by atoms with van der Waals surface area (Å²) in [6.45, 7) is 1.41. The number of fused-ring (bicyclic) bond motifs is 1. The van der Waals surface area contributed by atoms with Crippen LogP contribution in [0.2, 0.25) is 0 Å². The molecular formula is C11H16N6O. The van der Waals surface area contributed by atoms with Crippen LogP contribution in [-0.4, -0.2) is 38.4 Å². The van der Waals surface area contributed by atoms with Crippen molar-refractivity contribution in [1.82, 2.24) is 25.3 Å². The number of ether oxygens (including phenoxy) is 1. The highest BCUT2D eigenvalue weighted by Crippen LogP contribution is 2.31. The molecule has 18 heavy (non-hydrogen) atoms. The summed E-state index contributed by atoms with van der Waals surface area (Å²) in [6.07, 6.45) is 3.65. The van der Waals surface area contributed by atoms with Crippen LogP contribution in [0, 0.1) is 11.8 Å². The van der Waals surface area contributed by atoms with Gasteiger partial charge in [-0.3, -0.25) is 0 Å². The quantitative estimate of drug-likeness (QED) is 0.835. The predicted octanol–water partition coefficient (Wildman–Crippen LogP) is 0.273. The number of nitrogens with zero attached hydrogens (tertiary/aromatic N) is 5. The lowest BCUT2D eigenvalue weighted by molar-refractivity contribution is 0.207. The Balaban J connectivity index is 1.65. The van der Waals surface area contributed by atoms with Crippen LogP contribution in [0.25, 0.3) is 5.65 Å². The van der Waals surface area contributed by atoms with Crippen LogP contribution in [0.4, 0.5) is 0 Å². The molecule has 7 nitrogen and oxygen atoms in total. The fourth-order valence-electron chi connectivity index (χ4n) is 2.55. The van der Waals surface area contributed by atoms with Crippen LogP contribution < -0.4 is 10.5 Å². The molecule has 0 radical (unpaired) electrons. The monoisotopic (exact) mass is 248 g/mol. The van der Waals surface area contributed by atoms with Crippen LogP contribution in [0.3, 0.4) is 0 Å². The minimum absolute atomic E-state index is 0.543. The molecule has 7 heteroatoms. The third-order valence-corrected chi connectivity index (χ3v) is 3.61. The highest BCUT2D eigenvalue weighted by molar-refractivity contribution is 5.34. The maximum absolute atomic E-state index is 5.75. The SMILES string of the molecule is NCC1CCCC1COc1ccc2nnnn2n1. The van der Waals surface area contributed by atoms with E-state index >= 15 is 0 Å². The van der Waals surface area contributed by atoms with Gasteiger partial charge in [0, 0.05) is 6.07 Å². The largest absolute Gasteiger partial charge is 0.476 e. The summed E-state index contributed by atoms with van der Waals surface area (Å²) in [5.74, 6) is 1.68. The second kappa shape index (κ2) is 4.85. The molecule has 2 unspecified atom stereocenters. The minimum atomic E-state index is 0.543. The summed E-state index contributed by atoms with van der Waals surface area (Å²) in [5.41, 5.74) is 6.37. The molecule has 1 fully saturated rings. The zero-order valence-electron chi connectivity index (χ0n) is 10.1. The van der Waals surface area contributed by atoms with Crippen LogP contribution in [-0.2, 0) is 0 Å². The van der Waals surface area contributed by atoms with E-state index < -0.39 is 0 Å². The molecule has 2 aromatic rings. The number of nitrogens with two attached hydrogens (primary N) is 1. The van der Waals surface area contributed by atoms with Crippen molar-refractivity contribution in [2.75, 3.05) is 13.2 Å². The Morgan fingerprint density at radius 3 is 3.11 bits per heavy atom. The molecular weight excluding hydrogens is 232 g/mol. The second-order valence-electron chi connectivity index (χ2n) is 4.70. The molecule has 0 aliphatic heterocycles. The first-order valence-corrected chi connectivity index (χ1v) is 6.25. The third kappa shape index (κ3) is 2.13. The zero-order valence-corrected chi connectivity index (χ0v) is 10.1. The van der Waals surface area contributed by atoms with Gasteiger partial charge in [0.15, 0.2) is 5.65 Å². The van der Waals surface area contributed by atoms with E-state index in [0.717, 1.165) is 6.54 Å². The van der Waals surface area contributed by atoms with E-state index in [0.29, 0.717) is 30.0 Å². The van der Waals surface area contributed by atoms with Gasteiger partial charge in [-0.1, -0.05) is 6.42 Å². The Hall–Kier alpha value is -1.76. The maximum Gasteiger partial charge on any atom is 0.233 e. The van der Waals surface area contributed by atoms with Crippen LogP contribution >= 0.6 is 0 Å². The summed E-state index contributed by atoms with van der Waals surface area (Å²) in [5, 5.41) is 15.2. The standard InChI is InChI=1S/C11H16N6O/c12-6-8-2-1-3-9(8)7-18-11-5-4-10-13-15-16-17(10)14-11/h4-5,8-9H,1-3,6-7,12H2. The van der Waals surface area contributed by atoms with Crippen molar-refractivity contribution in [2.45, 2.75) is 19.3 Å². The molecule has 1 aliphatic rings. The number of hydrogen-bond acceptors (Lipinski definition) is 6. The first kappa shape index (κ1) is 11.3. The minimum Gasteiger partial charge on any atom is -0.476 e. The van der Waals surface area contributed by atoms with Gasteiger partial charge in [0.1, 0.15) is 0 Å². The fraction of sp³-hybridized carbons (Fsp3) is 0.636. The lowest BCUT2D eigenvalue weighted by Gasteiger charge is -2.17. The number of tetrazole rings is 1. The summed E-state index contributed by atoms with van der Waals surface area (Å²) in [7, 11) is 0. The molecule has 2 aromatic heterocycles. The van der Waals surface area contributed by atoms with E-state index in [1.807, 2.05) is 0 Å².